The standard InChI is InChI=1S/C15H15ClFN3O/c16-11-4-3-10(17)7-13(11)19-14-6-5-12(18)15(20-14)21-8-9-1-2-9/h3-7,9H,1-2,8,18H2,(H,19,20). The maximum atomic E-state index is 13.2. The molecule has 1 saturated carbocycles. The molecule has 0 saturated heterocycles. The van der Waals surface area contributed by atoms with Crippen LogP contribution in [0.3, 0.4) is 0 Å². The van der Waals surface area contributed by atoms with E-state index in [1.54, 1.807) is 12.1 Å². The first-order chi connectivity index (χ1) is 10.1. The number of nitrogens with two attached hydrogens (primary N) is 1. The normalized spacial score (nSPS) is 14.0. The Hall–Kier alpha value is -2.01. The lowest BCUT2D eigenvalue weighted by Gasteiger charge is -2.11. The van der Waals surface area contributed by atoms with Crippen molar-refractivity contribution in [2.75, 3.05) is 17.7 Å². The smallest absolute Gasteiger partial charge is 0.239 e. The first-order valence-electron chi connectivity index (χ1n) is 6.73. The number of aromatic nitrogens is 1. The van der Waals surface area contributed by atoms with Gasteiger partial charge in [0, 0.05) is 0 Å². The number of nitrogens with zero attached hydrogens (tertiary/aromatic N) is 1. The third-order valence-electron chi connectivity index (χ3n) is 3.23. The molecular weight excluding hydrogens is 293 g/mol. The number of halogens is 2. The van der Waals surface area contributed by atoms with E-state index in [-0.39, 0.29) is 5.82 Å². The van der Waals surface area contributed by atoms with Crippen molar-refractivity contribution < 1.29 is 9.13 Å². The Morgan fingerprint density at radius 2 is 2.14 bits per heavy atom. The topological polar surface area (TPSA) is 60.2 Å². The van der Waals surface area contributed by atoms with Crippen molar-refractivity contribution in [1.29, 1.82) is 0 Å². The van der Waals surface area contributed by atoms with Crippen LogP contribution in [0.2, 0.25) is 5.02 Å². The van der Waals surface area contributed by atoms with Gasteiger partial charge in [0.25, 0.3) is 0 Å². The zero-order valence-electron chi connectivity index (χ0n) is 11.3. The maximum Gasteiger partial charge on any atom is 0.239 e. The summed E-state index contributed by atoms with van der Waals surface area (Å²) in [7, 11) is 0. The number of nitrogen functional groups attached to an aromatic ring is 1. The lowest BCUT2D eigenvalue weighted by molar-refractivity contribution is 0.290. The predicted octanol–water partition coefficient (Wildman–Crippen LogP) is 3.99. The molecule has 0 aliphatic heterocycles. The molecule has 2 aromatic rings. The van der Waals surface area contributed by atoms with Crippen LogP contribution in [0.5, 0.6) is 5.88 Å². The highest BCUT2D eigenvalue weighted by molar-refractivity contribution is 6.33. The summed E-state index contributed by atoms with van der Waals surface area (Å²) < 4.78 is 18.9. The highest BCUT2D eigenvalue weighted by Crippen LogP contribution is 2.31. The van der Waals surface area contributed by atoms with Gasteiger partial charge in [-0.2, -0.15) is 4.98 Å². The quantitative estimate of drug-likeness (QED) is 0.877. The third kappa shape index (κ3) is 3.55. The molecule has 1 aliphatic rings. The molecular formula is C15H15ClFN3O. The van der Waals surface area contributed by atoms with Gasteiger partial charge in [-0.1, -0.05) is 11.6 Å². The third-order valence-corrected chi connectivity index (χ3v) is 3.56. The number of rotatable bonds is 5. The second kappa shape index (κ2) is 5.77. The summed E-state index contributed by atoms with van der Waals surface area (Å²) in [5.74, 6) is 1.13. The summed E-state index contributed by atoms with van der Waals surface area (Å²) in [4.78, 5) is 4.30. The molecule has 0 atom stereocenters. The lowest BCUT2D eigenvalue weighted by Crippen LogP contribution is -2.05. The molecule has 21 heavy (non-hydrogen) atoms. The van der Waals surface area contributed by atoms with Gasteiger partial charge in [0.05, 0.1) is 23.0 Å². The van der Waals surface area contributed by atoms with Crippen LogP contribution in [0.25, 0.3) is 0 Å². The van der Waals surface area contributed by atoms with Crippen LogP contribution < -0.4 is 15.8 Å². The van der Waals surface area contributed by atoms with Crippen molar-refractivity contribution in [3.63, 3.8) is 0 Å². The molecule has 6 heteroatoms. The summed E-state index contributed by atoms with van der Waals surface area (Å²) in [6.45, 7) is 0.626. The van der Waals surface area contributed by atoms with Crippen LogP contribution in [0.1, 0.15) is 12.8 Å². The first kappa shape index (κ1) is 13.9. The largest absolute Gasteiger partial charge is 0.476 e. The minimum Gasteiger partial charge on any atom is -0.476 e. The highest BCUT2D eigenvalue weighted by atomic mass is 35.5. The van der Waals surface area contributed by atoms with Crippen molar-refractivity contribution in [2.24, 2.45) is 5.92 Å². The predicted molar refractivity (Wildman–Crippen MR) is 81.6 cm³/mol. The van der Waals surface area contributed by atoms with Crippen LogP contribution in [-0.2, 0) is 0 Å². The number of hydrogen-bond donors (Lipinski definition) is 2. The van der Waals surface area contributed by atoms with E-state index >= 15 is 0 Å². The fraction of sp³-hybridized carbons (Fsp3) is 0.267. The summed E-state index contributed by atoms with van der Waals surface area (Å²) in [6, 6.07) is 7.49. The average Bonchev–Trinajstić information content (AvgIpc) is 3.27. The SMILES string of the molecule is Nc1ccc(Nc2cc(F)ccc2Cl)nc1OCC1CC1. The van der Waals surface area contributed by atoms with Gasteiger partial charge in [-0.15, -0.1) is 0 Å². The van der Waals surface area contributed by atoms with E-state index in [9.17, 15) is 4.39 Å². The maximum absolute atomic E-state index is 13.2. The Labute approximate surface area is 127 Å². The van der Waals surface area contributed by atoms with E-state index in [0.29, 0.717) is 40.6 Å². The average molecular weight is 308 g/mol. The molecule has 0 spiro atoms. The minimum atomic E-state index is -0.373. The number of hydrogen-bond acceptors (Lipinski definition) is 4. The molecule has 0 unspecified atom stereocenters. The van der Waals surface area contributed by atoms with Gasteiger partial charge in [0.1, 0.15) is 11.6 Å². The van der Waals surface area contributed by atoms with E-state index < -0.39 is 0 Å². The van der Waals surface area contributed by atoms with E-state index in [1.165, 1.54) is 31.0 Å². The Morgan fingerprint density at radius 1 is 1.33 bits per heavy atom. The molecule has 1 fully saturated rings. The van der Waals surface area contributed by atoms with Crippen molar-refractivity contribution in [3.05, 3.63) is 41.2 Å². The fourth-order valence-electron chi connectivity index (χ4n) is 1.85. The monoisotopic (exact) mass is 307 g/mol. The van der Waals surface area contributed by atoms with E-state index in [2.05, 4.69) is 10.3 Å². The summed E-state index contributed by atoms with van der Waals surface area (Å²) in [5, 5.41) is 3.38. The molecule has 1 heterocycles. The zero-order valence-corrected chi connectivity index (χ0v) is 12.0. The molecule has 1 aliphatic carbocycles. The van der Waals surface area contributed by atoms with Gasteiger partial charge in [-0.25, -0.2) is 4.39 Å². The summed E-state index contributed by atoms with van der Waals surface area (Å²) in [6.07, 6.45) is 2.38. The van der Waals surface area contributed by atoms with Crippen LogP contribution in [0.4, 0.5) is 21.6 Å². The van der Waals surface area contributed by atoms with Gasteiger partial charge in [0.15, 0.2) is 0 Å². The first-order valence-corrected chi connectivity index (χ1v) is 7.11. The molecule has 0 amide bonds. The fourth-order valence-corrected chi connectivity index (χ4v) is 2.01. The Morgan fingerprint density at radius 3 is 2.90 bits per heavy atom. The van der Waals surface area contributed by atoms with Gasteiger partial charge >= 0.3 is 0 Å². The number of anilines is 3. The van der Waals surface area contributed by atoms with E-state index in [4.69, 9.17) is 22.1 Å². The van der Waals surface area contributed by atoms with Gasteiger partial charge in [-0.3, -0.25) is 0 Å². The number of ether oxygens (including phenoxy) is 1. The summed E-state index contributed by atoms with van der Waals surface area (Å²) >= 11 is 6.02. The van der Waals surface area contributed by atoms with E-state index in [0.717, 1.165) is 0 Å². The number of nitrogens with one attached hydrogen (secondary N) is 1. The number of pyridine rings is 1. The summed E-state index contributed by atoms with van der Waals surface area (Å²) in [5.41, 5.74) is 6.77. The second-order valence-corrected chi connectivity index (χ2v) is 5.50. The van der Waals surface area contributed by atoms with Crippen LogP contribution in [0, 0.1) is 11.7 Å². The second-order valence-electron chi connectivity index (χ2n) is 5.09. The van der Waals surface area contributed by atoms with Crippen molar-refractivity contribution in [1.82, 2.24) is 4.98 Å². The Bertz CT molecular complexity index is 661. The minimum absolute atomic E-state index is 0.373. The van der Waals surface area contributed by atoms with Crippen LogP contribution in [-0.4, -0.2) is 11.6 Å². The molecule has 110 valence electrons. The van der Waals surface area contributed by atoms with E-state index in [1.807, 2.05) is 0 Å². The van der Waals surface area contributed by atoms with Crippen LogP contribution >= 0.6 is 11.6 Å². The lowest BCUT2D eigenvalue weighted by atomic mass is 10.3. The zero-order chi connectivity index (χ0) is 14.8. The number of benzene rings is 1. The molecule has 1 aromatic carbocycles. The molecule has 0 bridgehead atoms. The van der Waals surface area contributed by atoms with Crippen molar-refractivity contribution in [3.8, 4) is 5.88 Å². The Kier molecular flexibility index (Phi) is 3.84. The van der Waals surface area contributed by atoms with Crippen LogP contribution in [0.15, 0.2) is 30.3 Å². The Balaban J connectivity index is 1.78. The van der Waals surface area contributed by atoms with Gasteiger partial charge in [-0.05, 0) is 49.1 Å². The molecule has 1 aromatic heterocycles. The molecule has 4 nitrogen and oxygen atoms in total. The van der Waals surface area contributed by atoms with Gasteiger partial charge in [0.2, 0.25) is 5.88 Å². The molecule has 3 rings (SSSR count). The molecule has 3 N–H and O–H groups in total. The highest BCUT2D eigenvalue weighted by Gasteiger charge is 2.22. The van der Waals surface area contributed by atoms with Crippen molar-refractivity contribution in [2.45, 2.75) is 12.8 Å². The molecule has 0 radical (unpaired) electrons. The van der Waals surface area contributed by atoms with Gasteiger partial charge < -0.3 is 15.8 Å². The van der Waals surface area contributed by atoms with Crippen molar-refractivity contribution >= 4 is 28.8 Å².